The molecule has 92 valence electrons. The van der Waals surface area contributed by atoms with Gasteiger partial charge in [-0.25, -0.2) is 5.84 Å². The van der Waals surface area contributed by atoms with Crippen molar-refractivity contribution in [2.75, 3.05) is 19.0 Å². The number of nitrogens with one attached hydrogen (secondary N) is 3. The van der Waals surface area contributed by atoms with Crippen LogP contribution in [0.3, 0.4) is 0 Å². The molecule has 0 aliphatic carbocycles. The maximum Gasteiger partial charge on any atom is 0.271 e. The fourth-order valence-electron chi connectivity index (χ4n) is 1.04. The van der Waals surface area contributed by atoms with E-state index < -0.39 is 0 Å². The molecule has 0 spiro atoms. The average molecular weight is 238 g/mol. The third-order valence-electron chi connectivity index (χ3n) is 1.96. The van der Waals surface area contributed by atoms with Gasteiger partial charge >= 0.3 is 0 Å². The van der Waals surface area contributed by atoms with E-state index in [0.29, 0.717) is 5.82 Å². The zero-order chi connectivity index (χ0) is 12.7. The number of aromatic nitrogens is 2. The Kier molecular flexibility index (Phi) is 4.82. The quantitative estimate of drug-likeness (QED) is 0.371. The molecule has 1 heterocycles. The molecule has 17 heavy (non-hydrogen) atoms. The van der Waals surface area contributed by atoms with Gasteiger partial charge in [-0.3, -0.25) is 9.59 Å². The van der Waals surface area contributed by atoms with Crippen LogP contribution >= 0.6 is 0 Å². The van der Waals surface area contributed by atoms with Crippen molar-refractivity contribution in [3.05, 3.63) is 17.8 Å². The zero-order valence-electron chi connectivity index (χ0n) is 9.36. The van der Waals surface area contributed by atoms with Crippen LogP contribution in [0.15, 0.2) is 12.1 Å². The zero-order valence-corrected chi connectivity index (χ0v) is 9.36. The van der Waals surface area contributed by atoms with Crippen LogP contribution < -0.4 is 21.9 Å². The molecule has 5 N–H and O–H groups in total. The van der Waals surface area contributed by atoms with Gasteiger partial charge in [0.2, 0.25) is 5.91 Å². The highest BCUT2D eigenvalue weighted by atomic mass is 16.2. The largest absolute Gasteiger partial charge is 0.359 e. The van der Waals surface area contributed by atoms with Crippen molar-refractivity contribution in [1.82, 2.24) is 20.8 Å². The summed E-state index contributed by atoms with van der Waals surface area (Å²) in [5.74, 6) is 4.95. The summed E-state index contributed by atoms with van der Waals surface area (Å²) in [6.07, 6.45) is 0.220. The minimum Gasteiger partial charge on any atom is -0.359 e. The average Bonchev–Trinajstić information content (AvgIpc) is 2.38. The maximum absolute atomic E-state index is 11.5. The van der Waals surface area contributed by atoms with Gasteiger partial charge in [0, 0.05) is 20.0 Å². The molecule has 0 aliphatic rings. The molecule has 0 aromatic carbocycles. The maximum atomic E-state index is 11.5. The minimum absolute atomic E-state index is 0.140. The first-order chi connectivity index (χ1) is 8.17. The number of carbonyl (C=O) groups excluding carboxylic acids is 2. The SMILES string of the molecule is CNC(=O)CCNC(=O)c1ccc(NN)nn1. The molecule has 1 aromatic rings. The van der Waals surface area contributed by atoms with Crippen LogP contribution in [0.2, 0.25) is 0 Å². The Balaban J connectivity index is 2.44. The summed E-state index contributed by atoms with van der Waals surface area (Å²) in [6, 6.07) is 3.01. The molecular weight excluding hydrogens is 224 g/mol. The Morgan fingerprint density at radius 3 is 2.65 bits per heavy atom. The summed E-state index contributed by atoms with van der Waals surface area (Å²) in [4.78, 5) is 22.4. The van der Waals surface area contributed by atoms with E-state index in [1.807, 2.05) is 0 Å². The monoisotopic (exact) mass is 238 g/mol. The molecule has 0 saturated carbocycles. The molecule has 0 atom stereocenters. The summed E-state index contributed by atoms with van der Waals surface area (Å²) in [5.41, 5.74) is 2.47. The smallest absolute Gasteiger partial charge is 0.271 e. The number of nitrogen functional groups attached to an aromatic ring is 1. The first-order valence-electron chi connectivity index (χ1n) is 4.96. The molecule has 2 amide bonds. The lowest BCUT2D eigenvalue weighted by Gasteiger charge is -2.04. The second-order valence-corrected chi connectivity index (χ2v) is 3.13. The van der Waals surface area contributed by atoms with E-state index in [4.69, 9.17) is 5.84 Å². The van der Waals surface area contributed by atoms with E-state index >= 15 is 0 Å². The predicted octanol–water partition coefficient (Wildman–Crippen LogP) is -1.37. The van der Waals surface area contributed by atoms with Crippen molar-refractivity contribution < 1.29 is 9.59 Å². The summed E-state index contributed by atoms with van der Waals surface area (Å²) < 4.78 is 0. The highest BCUT2D eigenvalue weighted by Gasteiger charge is 2.08. The van der Waals surface area contributed by atoms with Crippen LogP contribution in [0, 0.1) is 0 Å². The number of rotatable bonds is 5. The highest BCUT2D eigenvalue weighted by Crippen LogP contribution is 1.99. The number of anilines is 1. The standard InChI is InChI=1S/C9H14N6O2/c1-11-8(16)4-5-12-9(17)6-2-3-7(13-10)15-14-6/h2-3H,4-5,10H2,1H3,(H,11,16)(H,12,17)(H,13,15). The lowest BCUT2D eigenvalue weighted by molar-refractivity contribution is -0.120. The molecular formula is C9H14N6O2. The summed E-state index contributed by atoms with van der Waals surface area (Å²) in [5, 5.41) is 12.3. The first-order valence-corrected chi connectivity index (χ1v) is 4.96. The number of nitrogens with zero attached hydrogens (tertiary/aromatic N) is 2. The molecule has 0 radical (unpaired) electrons. The first kappa shape index (κ1) is 12.8. The van der Waals surface area contributed by atoms with Gasteiger partial charge in [0.15, 0.2) is 11.5 Å². The van der Waals surface area contributed by atoms with Crippen molar-refractivity contribution in [2.24, 2.45) is 5.84 Å². The fraction of sp³-hybridized carbons (Fsp3) is 0.333. The molecule has 0 unspecified atom stereocenters. The van der Waals surface area contributed by atoms with Gasteiger partial charge in [0.1, 0.15) is 0 Å². The van der Waals surface area contributed by atoms with Crippen LogP contribution in [-0.2, 0) is 4.79 Å². The highest BCUT2D eigenvalue weighted by molar-refractivity contribution is 5.92. The normalized spacial score (nSPS) is 9.53. The number of amides is 2. The van der Waals surface area contributed by atoms with Gasteiger partial charge in [-0.15, -0.1) is 10.2 Å². The Morgan fingerprint density at radius 2 is 2.12 bits per heavy atom. The lowest BCUT2D eigenvalue weighted by atomic mass is 10.3. The van der Waals surface area contributed by atoms with Gasteiger partial charge in [-0.2, -0.15) is 0 Å². The third kappa shape index (κ3) is 4.03. The van der Waals surface area contributed by atoms with Crippen molar-refractivity contribution in [3.63, 3.8) is 0 Å². The number of hydrogen-bond acceptors (Lipinski definition) is 6. The molecule has 0 saturated heterocycles. The molecule has 1 rings (SSSR count). The minimum atomic E-state index is -0.384. The number of hydrazine groups is 1. The fourth-order valence-corrected chi connectivity index (χ4v) is 1.04. The van der Waals surface area contributed by atoms with Crippen LogP contribution in [0.4, 0.5) is 5.82 Å². The van der Waals surface area contributed by atoms with E-state index in [1.54, 1.807) is 0 Å². The summed E-state index contributed by atoms with van der Waals surface area (Å²) in [6.45, 7) is 0.247. The van der Waals surface area contributed by atoms with Crippen LogP contribution in [-0.4, -0.2) is 35.6 Å². The Hall–Kier alpha value is -2.22. The summed E-state index contributed by atoms with van der Waals surface area (Å²) in [7, 11) is 1.54. The summed E-state index contributed by atoms with van der Waals surface area (Å²) >= 11 is 0. The lowest BCUT2D eigenvalue weighted by Crippen LogP contribution is -2.29. The van der Waals surface area contributed by atoms with Crippen molar-refractivity contribution in [1.29, 1.82) is 0 Å². The molecule has 0 fully saturated rings. The van der Waals surface area contributed by atoms with Crippen molar-refractivity contribution in [2.45, 2.75) is 6.42 Å². The van der Waals surface area contributed by atoms with Crippen LogP contribution in [0.5, 0.6) is 0 Å². The predicted molar refractivity (Wildman–Crippen MR) is 60.9 cm³/mol. The third-order valence-corrected chi connectivity index (χ3v) is 1.96. The van der Waals surface area contributed by atoms with Crippen molar-refractivity contribution >= 4 is 17.6 Å². The van der Waals surface area contributed by atoms with E-state index in [9.17, 15) is 9.59 Å². The molecule has 0 aliphatic heterocycles. The number of carbonyl (C=O) groups is 2. The van der Waals surface area contributed by atoms with Gasteiger partial charge in [0.25, 0.3) is 5.91 Å². The van der Waals surface area contributed by atoms with Gasteiger partial charge < -0.3 is 16.1 Å². The second-order valence-electron chi connectivity index (χ2n) is 3.13. The molecule has 1 aromatic heterocycles. The van der Waals surface area contributed by atoms with E-state index in [1.165, 1.54) is 19.2 Å². The van der Waals surface area contributed by atoms with E-state index in [0.717, 1.165) is 0 Å². The van der Waals surface area contributed by atoms with E-state index in [2.05, 4.69) is 26.3 Å². The molecule has 0 bridgehead atoms. The van der Waals surface area contributed by atoms with Crippen LogP contribution in [0.1, 0.15) is 16.9 Å². The Bertz CT molecular complexity index is 391. The molecule has 8 nitrogen and oxygen atoms in total. The van der Waals surface area contributed by atoms with E-state index in [-0.39, 0.29) is 30.5 Å². The van der Waals surface area contributed by atoms with Gasteiger partial charge in [-0.1, -0.05) is 0 Å². The molecule has 8 heteroatoms. The number of nitrogens with two attached hydrogens (primary N) is 1. The Labute approximate surface area is 97.9 Å². The topological polar surface area (TPSA) is 122 Å². The van der Waals surface area contributed by atoms with Crippen LogP contribution in [0.25, 0.3) is 0 Å². The van der Waals surface area contributed by atoms with Gasteiger partial charge in [-0.05, 0) is 12.1 Å². The Morgan fingerprint density at radius 1 is 1.35 bits per heavy atom. The second kappa shape index (κ2) is 6.38. The van der Waals surface area contributed by atoms with Gasteiger partial charge in [0.05, 0.1) is 0 Å². The number of hydrogen-bond donors (Lipinski definition) is 4. The van der Waals surface area contributed by atoms with Crippen molar-refractivity contribution in [3.8, 4) is 0 Å².